The number of aliphatic hydroxyl groups is 1. The third-order valence-electron chi connectivity index (χ3n) is 5.98. The summed E-state index contributed by atoms with van der Waals surface area (Å²) in [7, 11) is 1.00. The summed E-state index contributed by atoms with van der Waals surface area (Å²) in [6.45, 7) is 3.08. The van der Waals surface area contributed by atoms with E-state index >= 15 is 4.39 Å². The molecule has 0 amide bonds. The number of nitrogens with zero attached hydrogens (tertiary/aromatic N) is 5. The molecule has 2 aromatic heterocycles. The van der Waals surface area contributed by atoms with E-state index in [2.05, 4.69) is 15.3 Å². The first-order valence-corrected chi connectivity index (χ1v) is 10.8. The Hall–Kier alpha value is -4.13. The molecule has 0 saturated carbocycles. The van der Waals surface area contributed by atoms with Gasteiger partial charge in [-0.15, -0.1) is 0 Å². The minimum absolute atomic E-state index is 0.0251. The van der Waals surface area contributed by atoms with E-state index in [0.717, 1.165) is 19.5 Å². The van der Waals surface area contributed by atoms with Gasteiger partial charge in [-0.2, -0.15) is 0 Å². The van der Waals surface area contributed by atoms with Gasteiger partial charge in [-0.25, -0.2) is 14.4 Å². The molecule has 1 unspecified atom stereocenters. The zero-order chi connectivity index (χ0) is 25.3. The summed E-state index contributed by atoms with van der Waals surface area (Å²) in [5.41, 5.74) is -0.0351. The van der Waals surface area contributed by atoms with Crippen molar-refractivity contribution in [1.29, 1.82) is 0 Å². The zero-order valence-corrected chi connectivity index (χ0v) is 19.0. The van der Waals surface area contributed by atoms with E-state index < -0.39 is 16.2 Å². The Kier molecular flexibility index (Phi) is 6.60. The number of carbonyl (C=O) groups is 1. The van der Waals surface area contributed by atoms with Crippen molar-refractivity contribution < 1.29 is 24.0 Å². The first-order chi connectivity index (χ1) is 16.9. The topological polar surface area (TPSA) is 153 Å². The molecule has 3 aromatic rings. The summed E-state index contributed by atoms with van der Waals surface area (Å²) in [5.74, 6) is -0.0797. The van der Waals surface area contributed by atoms with E-state index in [1.807, 2.05) is 11.8 Å². The number of ether oxygens (including phenoxy) is 1. The van der Waals surface area contributed by atoms with Gasteiger partial charge in [-0.1, -0.05) is 0 Å². The quantitative estimate of drug-likeness (QED) is 0.311. The highest BCUT2D eigenvalue weighted by molar-refractivity contribution is 5.94. The maximum atomic E-state index is 15.3. The first-order valence-electron chi connectivity index (χ1n) is 10.8. The van der Waals surface area contributed by atoms with Gasteiger partial charge in [0.2, 0.25) is 5.95 Å². The average molecular weight is 486 g/mol. The van der Waals surface area contributed by atoms with E-state index in [-0.39, 0.29) is 52.7 Å². The highest BCUT2D eigenvalue weighted by Gasteiger charge is 2.32. The lowest BCUT2D eigenvalue weighted by molar-refractivity contribution is -0.385. The van der Waals surface area contributed by atoms with Gasteiger partial charge in [0, 0.05) is 32.4 Å². The third kappa shape index (κ3) is 4.25. The number of rotatable bonds is 5. The second-order valence-electron chi connectivity index (χ2n) is 8.13. The summed E-state index contributed by atoms with van der Waals surface area (Å²) in [6, 6.07) is 0.905. The van der Waals surface area contributed by atoms with Gasteiger partial charge < -0.3 is 24.6 Å². The van der Waals surface area contributed by atoms with Crippen LogP contribution in [0.5, 0.6) is 5.75 Å². The zero-order valence-electron chi connectivity index (χ0n) is 19.0. The number of anilines is 2. The van der Waals surface area contributed by atoms with Crippen molar-refractivity contribution in [1.82, 2.24) is 14.5 Å². The normalized spacial score (nSPS) is 18.5. The molecule has 1 saturated heterocycles. The predicted octanol–water partition coefficient (Wildman–Crippen LogP) is 1.90. The van der Waals surface area contributed by atoms with Crippen LogP contribution in [0.3, 0.4) is 0 Å². The number of hydrogen-bond donors (Lipinski definition) is 2. The minimum atomic E-state index is -0.606. The van der Waals surface area contributed by atoms with Crippen molar-refractivity contribution in [3.8, 4) is 5.75 Å². The summed E-state index contributed by atoms with van der Waals surface area (Å²) in [4.78, 5) is 44.0. The van der Waals surface area contributed by atoms with Gasteiger partial charge in [0.15, 0.2) is 23.3 Å². The smallest absolute Gasteiger partial charge is 0.305 e. The lowest BCUT2D eigenvalue weighted by Gasteiger charge is -2.31. The van der Waals surface area contributed by atoms with Crippen molar-refractivity contribution in [2.24, 2.45) is 0 Å². The van der Waals surface area contributed by atoms with Crippen molar-refractivity contribution in [3.63, 3.8) is 0 Å². The SMILES string of the molecule is CO.C[C@H]1COc2c(N3CCC(Nc4ncc([N+](=O)[O-])cn4)C3)c(F)cc3c(=O)c(C=O)cn1c23. The minimum Gasteiger partial charge on any atom is -0.487 e. The Labute approximate surface area is 198 Å². The van der Waals surface area contributed by atoms with Crippen LogP contribution >= 0.6 is 0 Å². The highest BCUT2D eigenvalue weighted by Crippen LogP contribution is 2.42. The van der Waals surface area contributed by atoms with Crippen LogP contribution in [0.4, 0.5) is 21.7 Å². The molecule has 35 heavy (non-hydrogen) atoms. The van der Waals surface area contributed by atoms with Crippen LogP contribution in [0.15, 0.2) is 29.5 Å². The van der Waals surface area contributed by atoms with E-state index in [1.165, 1.54) is 12.3 Å². The Morgan fingerprint density at radius 1 is 1.34 bits per heavy atom. The predicted molar refractivity (Wildman–Crippen MR) is 125 cm³/mol. The molecule has 2 aliphatic heterocycles. The molecule has 13 heteroatoms. The fraction of sp³-hybridized carbons (Fsp3) is 0.364. The number of benzene rings is 1. The highest BCUT2D eigenvalue weighted by atomic mass is 19.1. The second-order valence-corrected chi connectivity index (χ2v) is 8.13. The number of halogens is 1. The molecule has 184 valence electrons. The van der Waals surface area contributed by atoms with Crippen LogP contribution in [-0.4, -0.2) is 63.7 Å². The molecular formula is C22H23FN6O6. The second kappa shape index (κ2) is 9.62. The number of hydrogen-bond acceptors (Lipinski definition) is 10. The van der Waals surface area contributed by atoms with Gasteiger partial charge >= 0.3 is 5.69 Å². The number of carbonyl (C=O) groups excluding carboxylic acids is 1. The molecule has 0 bridgehead atoms. The van der Waals surface area contributed by atoms with Crippen LogP contribution in [0.25, 0.3) is 10.9 Å². The maximum absolute atomic E-state index is 15.3. The molecule has 4 heterocycles. The van der Waals surface area contributed by atoms with E-state index in [9.17, 15) is 19.7 Å². The summed E-state index contributed by atoms with van der Waals surface area (Å²) < 4.78 is 23.0. The third-order valence-corrected chi connectivity index (χ3v) is 5.98. The molecule has 2 atom stereocenters. The fourth-order valence-corrected chi connectivity index (χ4v) is 4.37. The number of nitrogens with one attached hydrogen (secondary N) is 1. The Morgan fingerprint density at radius 2 is 2.06 bits per heavy atom. The largest absolute Gasteiger partial charge is 0.487 e. The van der Waals surface area contributed by atoms with Crippen molar-refractivity contribution >= 4 is 34.5 Å². The Morgan fingerprint density at radius 3 is 2.71 bits per heavy atom. The summed E-state index contributed by atoms with van der Waals surface area (Å²) in [5, 5.41) is 21.0. The lowest BCUT2D eigenvalue weighted by Crippen LogP contribution is -2.30. The molecule has 1 fully saturated rings. The molecular weight excluding hydrogens is 463 g/mol. The number of aldehydes is 1. The molecule has 2 N–H and O–H groups in total. The average Bonchev–Trinajstić information content (AvgIpc) is 3.31. The van der Waals surface area contributed by atoms with Crippen LogP contribution < -0.4 is 20.4 Å². The van der Waals surface area contributed by atoms with Gasteiger partial charge in [-0.3, -0.25) is 19.7 Å². The molecule has 0 radical (unpaired) electrons. The molecule has 0 aliphatic carbocycles. The molecule has 12 nitrogen and oxygen atoms in total. The molecule has 2 aliphatic rings. The number of aliphatic hydroxyl groups excluding tert-OH is 1. The standard InChI is InChI=1S/C21H19FN6O5.CH4O/c1-11-10-33-20-17-15(19(30)12(9-29)7-27(11)17)4-16(22)18(20)26-3-2-13(8-26)25-21-23-5-14(6-24-21)28(31)32;1-2/h4-7,9,11,13H,2-3,8,10H2,1H3,(H,23,24,25);2H,1H3/t11-,13?;/m0./s1. The first kappa shape index (κ1) is 24.0. The molecule has 5 rings (SSSR count). The summed E-state index contributed by atoms with van der Waals surface area (Å²) >= 11 is 0. The molecule has 1 aromatic carbocycles. The van der Waals surface area contributed by atoms with Gasteiger partial charge in [-0.05, 0) is 19.4 Å². The van der Waals surface area contributed by atoms with Crippen LogP contribution in [0, 0.1) is 15.9 Å². The van der Waals surface area contributed by atoms with E-state index in [0.29, 0.717) is 31.3 Å². The Bertz CT molecular complexity index is 1350. The lowest BCUT2D eigenvalue weighted by atomic mass is 10.1. The van der Waals surface area contributed by atoms with E-state index in [4.69, 9.17) is 9.84 Å². The van der Waals surface area contributed by atoms with Crippen LogP contribution in [0.1, 0.15) is 29.7 Å². The monoisotopic (exact) mass is 486 g/mol. The van der Waals surface area contributed by atoms with Crippen LogP contribution in [0.2, 0.25) is 0 Å². The van der Waals surface area contributed by atoms with Crippen molar-refractivity contribution in [2.45, 2.75) is 25.4 Å². The fourth-order valence-electron chi connectivity index (χ4n) is 4.37. The van der Waals surface area contributed by atoms with Gasteiger partial charge in [0.05, 0.1) is 27.4 Å². The van der Waals surface area contributed by atoms with Crippen LogP contribution in [-0.2, 0) is 0 Å². The van der Waals surface area contributed by atoms with Crippen molar-refractivity contribution in [3.05, 3.63) is 56.4 Å². The van der Waals surface area contributed by atoms with Gasteiger partial charge in [0.1, 0.15) is 24.7 Å². The molecule has 0 spiro atoms. The number of pyridine rings is 1. The number of nitro groups is 1. The van der Waals surface area contributed by atoms with E-state index in [1.54, 1.807) is 4.57 Å². The number of aromatic nitrogens is 3. The maximum Gasteiger partial charge on any atom is 0.305 e. The summed E-state index contributed by atoms with van der Waals surface area (Å²) in [6.07, 6.45) is 4.87. The van der Waals surface area contributed by atoms with Gasteiger partial charge in [0.25, 0.3) is 0 Å². The van der Waals surface area contributed by atoms with Crippen molar-refractivity contribution in [2.75, 3.05) is 37.0 Å². The Balaban J connectivity index is 0.00000141.